The van der Waals surface area contributed by atoms with Crippen LogP contribution in [0.25, 0.3) is 16.9 Å². The minimum atomic E-state index is -0.554. The standard InChI is InChI=1S/C34H33FN6O3/c1-34(2,3)25-9-4-22(5-10-25)32(42)39-28-20-24(8-13-27(28)35)29-21-41-15-14-36-31(41)30(38-29)37-26-11-6-23(7-12-26)33(43)40-16-18-44-19-17-40/h4-15,20-21H,16-19H2,1-3H3,(H,37,38)(H,39,42). The van der Waals surface area contributed by atoms with Gasteiger partial charge >= 0.3 is 0 Å². The first kappa shape index (κ1) is 29.0. The molecule has 1 fully saturated rings. The molecule has 10 heteroatoms. The first-order chi connectivity index (χ1) is 21.2. The maximum absolute atomic E-state index is 14.9. The van der Waals surface area contributed by atoms with E-state index in [0.29, 0.717) is 60.2 Å². The van der Waals surface area contributed by atoms with Crippen LogP contribution in [0, 0.1) is 5.82 Å². The molecule has 0 saturated carbocycles. The van der Waals surface area contributed by atoms with Crippen LogP contribution in [0.1, 0.15) is 47.1 Å². The lowest BCUT2D eigenvalue weighted by molar-refractivity contribution is 0.0303. The Labute approximate surface area is 254 Å². The van der Waals surface area contributed by atoms with Crippen molar-refractivity contribution in [3.63, 3.8) is 0 Å². The Morgan fingerprint density at radius 1 is 0.932 bits per heavy atom. The average molecular weight is 593 g/mol. The number of amides is 2. The second-order valence-electron chi connectivity index (χ2n) is 11.7. The maximum Gasteiger partial charge on any atom is 0.255 e. The highest BCUT2D eigenvalue weighted by Gasteiger charge is 2.19. The monoisotopic (exact) mass is 592 g/mol. The fourth-order valence-electron chi connectivity index (χ4n) is 5.03. The molecule has 0 bridgehead atoms. The van der Waals surface area contributed by atoms with Crippen LogP contribution in [0.4, 0.5) is 21.6 Å². The molecular weight excluding hydrogens is 559 g/mol. The summed E-state index contributed by atoms with van der Waals surface area (Å²) in [5.74, 6) is -0.509. The number of hydrogen-bond donors (Lipinski definition) is 2. The van der Waals surface area contributed by atoms with Crippen molar-refractivity contribution in [2.45, 2.75) is 26.2 Å². The lowest BCUT2D eigenvalue weighted by atomic mass is 9.87. The number of anilines is 3. The number of carbonyl (C=O) groups excluding carboxylic acids is 2. The zero-order chi connectivity index (χ0) is 30.8. The van der Waals surface area contributed by atoms with E-state index in [1.54, 1.807) is 59.9 Å². The number of benzene rings is 3. The van der Waals surface area contributed by atoms with Gasteiger partial charge in [-0.25, -0.2) is 14.4 Å². The van der Waals surface area contributed by atoms with Gasteiger partial charge in [0.05, 0.1) is 24.6 Å². The molecule has 1 aliphatic rings. The molecule has 3 aromatic carbocycles. The minimum Gasteiger partial charge on any atom is -0.378 e. The maximum atomic E-state index is 14.9. The number of aromatic nitrogens is 3. The molecule has 0 atom stereocenters. The predicted molar refractivity (Wildman–Crippen MR) is 168 cm³/mol. The van der Waals surface area contributed by atoms with Crippen LogP contribution in [0.2, 0.25) is 0 Å². The fraction of sp³-hybridized carbons (Fsp3) is 0.235. The molecule has 0 unspecified atom stereocenters. The van der Waals surface area contributed by atoms with E-state index in [-0.39, 0.29) is 17.0 Å². The van der Waals surface area contributed by atoms with E-state index in [2.05, 4.69) is 36.4 Å². The summed E-state index contributed by atoms with van der Waals surface area (Å²) in [6, 6.07) is 19.0. The van der Waals surface area contributed by atoms with E-state index in [4.69, 9.17) is 9.72 Å². The van der Waals surface area contributed by atoms with Crippen LogP contribution in [-0.2, 0) is 10.2 Å². The normalized spacial score (nSPS) is 13.6. The van der Waals surface area contributed by atoms with Gasteiger partial charge in [-0.05, 0) is 65.6 Å². The Balaban J connectivity index is 1.23. The van der Waals surface area contributed by atoms with Crippen molar-refractivity contribution in [3.05, 3.63) is 108 Å². The minimum absolute atomic E-state index is 0.0308. The highest BCUT2D eigenvalue weighted by Crippen LogP contribution is 2.29. The third kappa shape index (κ3) is 6.16. The van der Waals surface area contributed by atoms with E-state index in [1.165, 1.54) is 6.07 Å². The summed E-state index contributed by atoms with van der Waals surface area (Å²) < 4.78 is 22.0. The quantitative estimate of drug-likeness (QED) is 0.240. The first-order valence-electron chi connectivity index (χ1n) is 14.5. The molecule has 0 spiro atoms. The summed E-state index contributed by atoms with van der Waals surface area (Å²) in [7, 11) is 0. The van der Waals surface area contributed by atoms with Gasteiger partial charge < -0.3 is 24.7 Å². The molecule has 0 radical (unpaired) electrons. The van der Waals surface area contributed by atoms with Crippen molar-refractivity contribution in [3.8, 4) is 11.3 Å². The molecule has 2 aromatic heterocycles. The molecule has 2 N–H and O–H groups in total. The van der Waals surface area contributed by atoms with Crippen molar-refractivity contribution in [1.82, 2.24) is 19.3 Å². The molecule has 2 amide bonds. The number of morpholine rings is 1. The number of nitrogens with zero attached hydrogens (tertiary/aromatic N) is 4. The van der Waals surface area contributed by atoms with Gasteiger partial charge in [0.1, 0.15) is 5.82 Å². The van der Waals surface area contributed by atoms with Crippen LogP contribution in [0.3, 0.4) is 0 Å². The molecule has 3 heterocycles. The highest BCUT2D eigenvalue weighted by atomic mass is 19.1. The van der Waals surface area contributed by atoms with Crippen LogP contribution in [-0.4, -0.2) is 57.4 Å². The van der Waals surface area contributed by atoms with Crippen LogP contribution in [0.15, 0.2) is 85.3 Å². The lowest BCUT2D eigenvalue weighted by Gasteiger charge is -2.26. The van der Waals surface area contributed by atoms with E-state index in [1.807, 2.05) is 28.7 Å². The largest absolute Gasteiger partial charge is 0.378 e. The van der Waals surface area contributed by atoms with E-state index in [0.717, 1.165) is 11.3 Å². The number of ether oxygens (including phenoxy) is 1. The second kappa shape index (κ2) is 11.9. The number of carbonyl (C=O) groups is 2. The average Bonchev–Trinajstić information content (AvgIpc) is 3.51. The Hall–Kier alpha value is -5.09. The summed E-state index contributed by atoms with van der Waals surface area (Å²) in [4.78, 5) is 36.8. The third-order valence-corrected chi connectivity index (χ3v) is 7.59. The van der Waals surface area contributed by atoms with E-state index in [9.17, 15) is 14.0 Å². The molecule has 9 nitrogen and oxygen atoms in total. The van der Waals surface area contributed by atoms with E-state index >= 15 is 0 Å². The molecule has 224 valence electrons. The number of halogens is 1. The molecule has 0 aliphatic carbocycles. The summed E-state index contributed by atoms with van der Waals surface area (Å²) in [6.07, 6.45) is 5.25. The van der Waals surface area contributed by atoms with Gasteiger partial charge in [0.2, 0.25) is 0 Å². The van der Waals surface area contributed by atoms with Crippen molar-refractivity contribution in [1.29, 1.82) is 0 Å². The van der Waals surface area contributed by atoms with Crippen molar-refractivity contribution in [2.75, 3.05) is 36.9 Å². The predicted octanol–water partition coefficient (Wildman–Crippen LogP) is 6.30. The number of hydrogen-bond acceptors (Lipinski definition) is 6. The summed E-state index contributed by atoms with van der Waals surface area (Å²) >= 11 is 0. The fourth-order valence-corrected chi connectivity index (χ4v) is 5.03. The van der Waals surface area contributed by atoms with Gasteiger partial charge in [0.15, 0.2) is 11.5 Å². The first-order valence-corrected chi connectivity index (χ1v) is 14.5. The number of rotatable bonds is 6. The zero-order valence-electron chi connectivity index (χ0n) is 24.8. The Kier molecular flexibility index (Phi) is 7.84. The Morgan fingerprint density at radius 2 is 1.64 bits per heavy atom. The Morgan fingerprint density at radius 3 is 2.34 bits per heavy atom. The molecule has 1 saturated heterocycles. The van der Waals surface area contributed by atoms with Crippen molar-refractivity contribution < 1.29 is 18.7 Å². The van der Waals surface area contributed by atoms with Gasteiger partial charge in [-0.3, -0.25) is 9.59 Å². The lowest BCUT2D eigenvalue weighted by Crippen LogP contribution is -2.40. The van der Waals surface area contributed by atoms with Gasteiger partial charge in [0, 0.05) is 54.1 Å². The SMILES string of the molecule is CC(C)(C)c1ccc(C(=O)Nc2cc(-c3cn4ccnc4c(Nc4ccc(C(=O)N5CCOCC5)cc4)n3)ccc2F)cc1. The summed E-state index contributed by atoms with van der Waals surface area (Å²) in [6.45, 7) is 8.54. The van der Waals surface area contributed by atoms with E-state index < -0.39 is 11.7 Å². The molecule has 5 aromatic rings. The Bertz CT molecular complexity index is 1820. The van der Waals surface area contributed by atoms with Crippen molar-refractivity contribution in [2.24, 2.45) is 0 Å². The van der Waals surface area contributed by atoms with Gasteiger partial charge in [-0.15, -0.1) is 0 Å². The van der Waals surface area contributed by atoms with Crippen LogP contribution < -0.4 is 10.6 Å². The molecule has 6 rings (SSSR count). The molecular formula is C34H33FN6O3. The smallest absolute Gasteiger partial charge is 0.255 e. The van der Waals surface area contributed by atoms with Crippen LogP contribution in [0.5, 0.6) is 0 Å². The number of imidazole rings is 1. The van der Waals surface area contributed by atoms with Crippen LogP contribution >= 0.6 is 0 Å². The van der Waals surface area contributed by atoms with Gasteiger partial charge in [-0.1, -0.05) is 32.9 Å². The van der Waals surface area contributed by atoms with Gasteiger partial charge in [0.25, 0.3) is 11.8 Å². The van der Waals surface area contributed by atoms with Crippen molar-refractivity contribution >= 4 is 34.7 Å². The molecule has 1 aliphatic heterocycles. The number of nitrogens with one attached hydrogen (secondary N) is 2. The number of fused-ring (bicyclic) bond motifs is 1. The summed E-state index contributed by atoms with van der Waals surface area (Å²) in [5, 5.41) is 6.01. The van der Waals surface area contributed by atoms with Gasteiger partial charge in [-0.2, -0.15) is 0 Å². The molecule has 44 heavy (non-hydrogen) atoms. The zero-order valence-corrected chi connectivity index (χ0v) is 24.8. The summed E-state index contributed by atoms with van der Waals surface area (Å²) in [5.41, 5.74) is 4.61. The third-order valence-electron chi connectivity index (χ3n) is 7.59. The second-order valence-corrected chi connectivity index (χ2v) is 11.7. The highest BCUT2D eigenvalue weighted by molar-refractivity contribution is 6.04. The topological polar surface area (TPSA) is 101 Å².